The summed E-state index contributed by atoms with van der Waals surface area (Å²) in [6.07, 6.45) is -0.453. The van der Waals surface area contributed by atoms with Crippen LogP contribution in [-0.4, -0.2) is 22.7 Å². The van der Waals surface area contributed by atoms with Crippen LogP contribution < -0.4 is 5.32 Å². The number of aryl methyl sites for hydroxylation is 1. The summed E-state index contributed by atoms with van der Waals surface area (Å²) in [7, 11) is 0. The van der Waals surface area contributed by atoms with Gasteiger partial charge in [-0.3, -0.25) is 10.1 Å². The lowest BCUT2D eigenvalue weighted by atomic mass is 10.0. The zero-order valence-corrected chi connectivity index (χ0v) is 14.1. The van der Waals surface area contributed by atoms with Crippen molar-refractivity contribution in [2.75, 3.05) is 5.32 Å². The van der Waals surface area contributed by atoms with E-state index in [1.807, 2.05) is 25.1 Å². The van der Waals surface area contributed by atoms with Crippen LogP contribution in [0.15, 0.2) is 47.6 Å². The Morgan fingerprint density at radius 1 is 1.32 bits per heavy atom. The molecule has 0 fully saturated rings. The third-order valence-corrected chi connectivity index (χ3v) is 4.83. The fourth-order valence-corrected chi connectivity index (χ4v) is 3.59. The maximum Gasteiger partial charge on any atom is 0.270 e. The van der Waals surface area contributed by atoms with Gasteiger partial charge in [-0.1, -0.05) is 34.7 Å². The Hall–Kier alpha value is -2.80. The number of nitrogens with one attached hydrogen (secondary N) is 1. The number of halogens is 1. The Morgan fingerprint density at radius 3 is 3.04 bits per heavy atom. The van der Waals surface area contributed by atoms with Gasteiger partial charge in [-0.25, -0.2) is 9.37 Å². The lowest BCUT2D eigenvalue weighted by molar-refractivity contribution is -0.125. The summed E-state index contributed by atoms with van der Waals surface area (Å²) in [5, 5.41) is 7.21. The predicted octanol–water partition coefficient (Wildman–Crippen LogP) is 3.88. The number of benzene rings is 2. The maximum absolute atomic E-state index is 13.3. The molecule has 1 aliphatic heterocycles. The van der Waals surface area contributed by atoms with Crippen molar-refractivity contribution < 1.29 is 14.0 Å². The number of anilines is 1. The number of aromatic nitrogens is 1. The fraction of sp³-hybridized carbons (Fsp3) is 0.167. The number of amides is 1. The van der Waals surface area contributed by atoms with E-state index in [4.69, 9.17) is 4.84 Å². The first-order chi connectivity index (χ1) is 12.1. The van der Waals surface area contributed by atoms with Gasteiger partial charge in [0.2, 0.25) is 6.10 Å². The van der Waals surface area contributed by atoms with Crippen molar-refractivity contribution in [3.8, 4) is 0 Å². The van der Waals surface area contributed by atoms with Gasteiger partial charge in [-0.15, -0.1) is 0 Å². The number of hydrogen-bond donors (Lipinski definition) is 1. The smallest absolute Gasteiger partial charge is 0.270 e. The molecule has 0 bridgehead atoms. The molecule has 5 nitrogen and oxygen atoms in total. The van der Waals surface area contributed by atoms with E-state index in [1.54, 1.807) is 12.1 Å². The molecule has 1 atom stereocenters. The summed E-state index contributed by atoms with van der Waals surface area (Å²) in [4.78, 5) is 22.0. The predicted molar refractivity (Wildman–Crippen MR) is 95.4 cm³/mol. The van der Waals surface area contributed by atoms with Gasteiger partial charge in [0.25, 0.3) is 5.91 Å². The molecule has 2 heterocycles. The first kappa shape index (κ1) is 15.7. The topological polar surface area (TPSA) is 63.6 Å². The van der Waals surface area contributed by atoms with Crippen molar-refractivity contribution in [2.24, 2.45) is 5.16 Å². The molecule has 1 N–H and O–H groups in total. The molecular formula is C18H14FN3O2S. The number of nitrogens with zero attached hydrogens (tertiary/aromatic N) is 2. The zero-order chi connectivity index (χ0) is 17.4. The van der Waals surface area contributed by atoms with Crippen LogP contribution >= 0.6 is 11.3 Å². The number of hydrogen-bond acceptors (Lipinski definition) is 5. The summed E-state index contributed by atoms with van der Waals surface area (Å²) in [5.74, 6) is -0.663. The summed E-state index contributed by atoms with van der Waals surface area (Å²) in [6, 6.07) is 12.0. The van der Waals surface area contributed by atoms with Crippen LogP contribution in [0.2, 0.25) is 0 Å². The number of fused-ring (bicyclic) bond motifs is 1. The second-order valence-electron chi connectivity index (χ2n) is 5.83. The van der Waals surface area contributed by atoms with Crippen LogP contribution in [0.5, 0.6) is 0 Å². The van der Waals surface area contributed by atoms with Crippen molar-refractivity contribution in [3.05, 3.63) is 59.4 Å². The van der Waals surface area contributed by atoms with Gasteiger partial charge in [-0.05, 0) is 36.8 Å². The Kier molecular flexibility index (Phi) is 3.93. The van der Waals surface area contributed by atoms with Crippen LogP contribution in [-0.2, 0) is 9.63 Å². The summed E-state index contributed by atoms with van der Waals surface area (Å²) < 4.78 is 14.3. The molecule has 126 valence electrons. The molecule has 4 rings (SSSR count). The van der Waals surface area contributed by atoms with E-state index in [0.29, 0.717) is 22.8 Å². The molecule has 0 saturated carbocycles. The molecule has 1 aliphatic rings. The van der Waals surface area contributed by atoms with Gasteiger partial charge in [0.1, 0.15) is 5.82 Å². The quantitative estimate of drug-likeness (QED) is 0.776. The second kappa shape index (κ2) is 6.25. The fourth-order valence-electron chi connectivity index (χ4n) is 2.63. The van der Waals surface area contributed by atoms with Gasteiger partial charge in [0.15, 0.2) is 5.13 Å². The average molecular weight is 355 g/mol. The van der Waals surface area contributed by atoms with E-state index < -0.39 is 6.10 Å². The largest absolute Gasteiger partial charge is 0.382 e. The van der Waals surface area contributed by atoms with Crippen LogP contribution in [0, 0.1) is 12.7 Å². The molecule has 1 aromatic heterocycles. The highest BCUT2D eigenvalue weighted by atomic mass is 32.1. The molecule has 0 saturated heterocycles. The minimum Gasteiger partial charge on any atom is -0.382 e. The third kappa shape index (κ3) is 3.23. The third-order valence-electron chi connectivity index (χ3n) is 3.89. The first-order valence-electron chi connectivity index (χ1n) is 7.75. The summed E-state index contributed by atoms with van der Waals surface area (Å²) in [5.41, 5.74) is 3.15. The monoisotopic (exact) mass is 355 g/mol. The summed E-state index contributed by atoms with van der Waals surface area (Å²) >= 11 is 1.41. The highest BCUT2D eigenvalue weighted by molar-refractivity contribution is 7.22. The maximum atomic E-state index is 13.3. The number of oxime groups is 1. The first-order valence-corrected chi connectivity index (χ1v) is 8.57. The Bertz CT molecular complexity index is 999. The van der Waals surface area contributed by atoms with Crippen molar-refractivity contribution in [1.29, 1.82) is 0 Å². The molecule has 7 heteroatoms. The van der Waals surface area contributed by atoms with Crippen molar-refractivity contribution in [1.82, 2.24) is 4.98 Å². The van der Waals surface area contributed by atoms with E-state index in [-0.39, 0.29) is 11.7 Å². The van der Waals surface area contributed by atoms with Crippen molar-refractivity contribution in [3.63, 3.8) is 0 Å². The SMILES string of the molecule is Cc1ccc2nc(NC(=O)C3CC(c4cccc(F)c4)=NO3)sc2c1. The van der Waals surface area contributed by atoms with Crippen molar-refractivity contribution in [2.45, 2.75) is 19.4 Å². The van der Waals surface area contributed by atoms with E-state index >= 15 is 0 Å². The van der Waals surface area contributed by atoms with Gasteiger partial charge in [0.05, 0.1) is 15.9 Å². The van der Waals surface area contributed by atoms with Gasteiger partial charge >= 0.3 is 0 Å². The average Bonchev–Trinajstić information content (AvgIpc) is 3.21. The highest BCUT2D eigenvalue weighted by Crippen LogP contribution is 2.27. The number of carbonyl (C=O) groups excluding carboxylic acids is 1. The molecule has 25 heavy (non-hydrogen) atoms. The zero-order valence-electron chi connectivity index (χ0n) is 13.3. The number of thiazole rings is 1. The van der Waals surface area contributed by atoms with E-state index in [9.17, 15) is 9.18 Å². The molecule has 1 amide bonds. The number of carbonyl (C=O) groups is 1. The van der Waals surface area contributed by atoms with Crippen LogP contribution in [0.25, 0.3) is 10.2 Å². The Morgan fingerprint density at radius 2 is 2.20 bits per heavy atom. The van der Waals surface area contributed by atoms with E-state index in [2.05, 4.69) is 15.5 Å². The summed E-state index contributed by atoms with van der Waals surface area (Å²) in [6.45, 7) is 2.01. The lowest BCUT2D eigenvalue weighted by Gasteiger charge is -2.06. The molecule has 3 aromatic rings. The van der Waals surface area contributed by atoms with Crippen molar-refractivity contribution >= 4 is 38.3 Å². The van der Waals surface area contributed by atoms with Crippen LogP contribution in [0.3, 0.4) is 0 Å². The normalized spacial score (nSPS) is 16.6. The van der Waals surface area contributed by atoms with E-state index in [0.717, 1.165) is 15.8 Å². The Labute approximate surface area is 147 Å². The van der Waals surface area contributed by atoms with Gasteiger partial charge in [-0.2, -0.15) is 0 Å². The van der Waals surface area contributed by atoms with Gasteiger partial charge < -0.3 is 4.84 Å². The van der Waals surface area contributed by atoms with Gasteiger partial charge in [0, 0.05) is 12.0 Å². The number of rotatable bonds is 3. The van der Waals surface area contributed by atoms with E-state index in [1.165, 1.54) is 23.5 Å². The molecule has 2 aromatic carbocycles. The highest BCUT2D eigenvalue weighted by Gasteiger charge is 2.29. The molecule has 1 unspecified atom stereocenters. The standard InChI is InChI=1S/C18H14FN3O2S/c1-10-5-6-13-16(7-10)25-18(20-13)21-17(23)15-9-14(22-24-15)11-3-2-4-12(19)8-11/h2-8,15H,9H2,1H3,(H,20,21,23). The Balaban J connectivity index is 1.45. The molecule has 0 spiro atoms. The molecule has 0 aliphatic carbocycles. The minimum atomic E-state index is -0.744. The minimum absolute atomic E-state index is 0.291. The lowest BCUT2D eigenvalue weighted by Crippen LogP contribution is -2.27. The second-order valence-corrected chi connectivity index (χ2v) is 6.86. The van der Waals surface area contributed by atoms with Crippen LogP contribution in [0.4, 0.5) is 9.52 Å². The molecular weight excluding hydrogens is 341 g/mol. The molecule has 0 radical (unpaired) electrons. The van der Waals surface area contributed by atoms with Crippen LogP contribution in [0.1, 0.15) is 17.5 Å².